The van der Waals surface area contributed by atoms with E-state index in [1.54, 1.807) is 6.61 Å². The molecule has 1 radical (unpaired) electrons. The summed E-state index contributed by atoms with van der Waals surface area (Å²) in [6.45, 7) is 2.31. The lowest BCUT2D eigenvalue weighted by Crippen LogP contribution is -1.79. The van der Waals surface area contributed by atoms with Crippen LogP contribution >= 0.6 is 15.9 Å². The molecular formula is C3H3BrNO. The van der Waals surface area contributed by atoms with E-state index in [2.05, 4.69) is 20.9 Å². The van der Waals surface area contributed by atoms with Gasteiger partial charge < -0.3 is 4.74 Å². The predicted molar refractivity (Wildman–Crippen MR) is 26.6 cm³/mol. The summed E-state index contributed by atoms with van der Waals surface area (Å²) < 4.78 is 4.69. The first-order valence-corrected chi connectivity index (χ1v) is 2.37. The maximum Gasteiger partial charge on any atom is 0.254 e. The standard InChI is InChI=1S/C3H3BrNO/c4-3-5-1-2-6-3/h2H,1H2. The summed E-state index contributed by atoms with van der Waals surface area (Å²) in [6, 6.07) is 0. The van der Waals surface area contributed by atoms with Gasteiger partial charge in [-0.2, -0.15) is 0 Å². The molecule has 0 aliphatic carbocycles. The van der Waals surface area contributed by atoms with Gasteiger partial charge in [0.15, 0.2) is 6.61 Å². The first-order chi connectivity index (χ1) is 2.89. The van der Waals surface area contributed by atoms with E-state index in [4.69, 9.17) is 4.74 Å². The van der Waals surface area contributed by atoms with Crippen molar-refractivity contribution >= 4 is 20.7 Å². The maximum absolute atomic E-state index is 4.69. The van der Waals surface area contributed by atoms with Crippen molar-refractivity contribution in [2.45, 2.75) is 0 Å². The highest BCUT2D eigenvalue weighted by Crippen LogP contribution is 2.02. The van der Waals surface area contributed by atoms with Crippen LogP contribution in [0.5, 0.6) is 0 Å². The molecule has 0 fully saturated rings. The van der Waals surface area contributed by atoms with Crippen LogP contribution in [0.1, 0.15) is 0 Å². The first-order valence-electron chi connectivity index (χ1n) is 1.58. The number of nitrogens with zero attached hydrogens (tertiary/aromatic N) is 1. The highest BCUT2D eigenvalue weighted by Gasteiger charge is 1.99. The molecule has 0 saturated heterocycles. The van der Waals surface area contributed by atoms with E-state index in [1.807, 2.05) is 0 Å². The van der Waals surface area contributed by atoms with Crippen molar-refractivity contribution in [3.8, 4) is 0 Å². The minimum absolute atomic E-state index is 0.586. The second-order valence-electron chi connectivity index (χ2n) is 0.878. The van der Waals surface area contributed by atoms with Crippen LogP contribution in [-0.2, 0) is 4.74 Å². The molecule has 1 aliphatic rings. The predicted octanol–water partition coefficient (Wildman–Crippen LogP) is 0.929. The van der Waals surface area contributed by atoms with Gasteiger partial charge in [0, 0.05) is 15.9 Å². The van der Waals surface area contributed by atoms with Gasteiger partial charge in [-0.15, -0.1) is 0 Å². The molecule has 0 aromatic heterocycles. The Balaban J connectivity index is 2.45. The fourth-order valence-corrected chi connectivity index (χ4v) is 0.529. The highest BCUT2D eigenvalue weighted by atomic mass is 79.9. The van der Waals surface area contributed by atoms with Crippen molar-refractivity contribution in [3.63, 3.8) is 0 Å². The summed E-state index contributed by atoms with van der Waals surface area (Å²) in [6.07, 6.45) is 0. The van der Waals surface area contributed by atoms with Crippen LogP contribution in [-0.4, -0.2) is 11.4 Å². The van der Waals surface area contributed by atoms with Crippen LogP contribution in [0.15, 0.2) is 4.99 Å². The number of ether oxygens (including phenoxy) is 1. The molecule has 0 amide bonds. The van der Waals surface area contributed by atoms with Crippen molar-refractivity contribution in [1.82, 2.24) is 0 Å². The van der Waals surface area contributed by atoms with Gasteiger partial charge >= 0.3 is 0 Å². The van der Waals surface area contributed by atoms with Crippen LogP contribution in [0.3, 0.4) is 0 Å². The lowest BCUT2D eigenvalue weighted by atomic mass is 10.8. The van der Waals surface area contributed by atoms with Crippen molar-refractivity contribution in [3.05, 3.63) is 6.61 Å². The monoisotopic (exact) mass is 148 g/mol. The van der Waals surface area contributed by atoms with Gasteiger partial charge in [0.2, 0.25) is 0 Å². The minimum Gasteiger partial charge on any atom is -0.463 e. The smallest absolute Gasteiger partial charge is 0.254 e. The SMILES string of the molecule is BrC1=NC[CH]O1. The third-order valence-electron chi connectivity index (χ3n) is 0.471. The quantitative estimate of drug-likeness (QED) is 0.501. The lowest BCUT2D eigenvalue weighted by molar-refractivity contribution is 0.439. The summed E-state index contributed by atoms with van der Waals surface area (Å²) in [5, 5.41) is 0. The van der Waals surface area contributed by atoms with Crippen LogP contribution < -0.4 is 0 Å². The van der Waals surface area contributed by atoms with E-state index in [1.165, 1.54) is 0 Å². The van der Waals surface area contributed by atoms with Crippen molar-refractivity contribution < 1.29 is 4.74 Å². The molecule has 0 aromatic carbocycles. The maximum atomic E-state index is 4.69. The van der Waals surface area contributed by atoms with E-state index >= 15 is 0 Å². The fourth-order valence-electron chi connectivity index (χ4n) is 0.252. The van der Waals surface area contributed by atoms with Crippen LogP contribution in [0, 0.1) is 6.61 Å². The van der Waals surface area contributed by atoms with Crippen molar-refractivity contribution in [2.75, 3.05) is 6.54 Å². The summed E-state index contributed by atoms with van der Waals surface area (Å²) in [5.74, 6) is 0. The molecule has 0 saturated carbocycles. The number of hydrogen-bond acceptors (Lipinski definition) is 2. The fraction of sp³-hybridized carbons (Fsp3) is 0.333. The van der Waals surface area contributed by atoms with Crippen LogP contribution in [0.25, 0.3) is 0 Å². The van der Waals surface area contributed by atoms with E-state index in [0.29, 0.717) is 11.4 Å². The minimum atomic E-state index is 0.586. The largest absolute Gasteiger partial charge is 0.463 e. The van der Waals surface area contributed by atoms with Gasteiger partial charge in [0.1, 0.15) is 0 Å². The average molecular weight is 149 g/mol. The molecule has 0 atom stereocenters. The highest BCUT2D eigenvalue weighted by molar-refractivity contribution is 9.18. The van der Waals surface area contributed by atoms with E-state index in [-0.39, 0.29) is 0 Å². The number of hydrogen-bond donors (Lipinski definition) is 0. The molecule has 6 heavy (non-hydrogen) atoms. The third-order valence-corrected chi connectivity index (χ3v) is 0.908. The van der Waals surface area contributed by atoms with Gasteiger partial charge in [0.05, 0.1) is 6.54 Å². The molecule has 1 heterocycles. The molecule has 1 aliphatic heterocycles. The molecule has 1 rings (SSSR count). The molecule has 0 bridgehead atoms. The summed E-state index contributed by atoms with van der Waals surface area (Å²) >= 11 is 3.03. The van der Waals surface area contributed by atoms with E-state index in [0.717, 1.165) is 0 Å². The van der Waals surface area contributed by atoms with Gasteiger partial charge in [-0.25, -0.2) is 4.99 Å². The van der Waals surface area contributed by atoms with Gasteiger partial charge in [0.25, 0.3) is 4.81 Å². The number of rotatable bonds is 0. The zero-order valence-electron chi connectivity index (χ0n) is 3.02. The number of aliphatic imine (C=N–C) groups is 1. The third kappa shape index (κ3) is 0.712. The Morgan fingerprint density at radius 1 is 2.00 bits per heavy atom. The normalized spacial score (nSPS) is 19.8. The Morgan fingerprint density at radius 3 is 3.00 bits per heavy atom. The Hall–Kier alpha value is -0.0500. The molecule has 0 aromatic rings. The summed E-state index contributed by atoms with van der Waals surface area (Å²) in [4.78, 5) is 4.38. The number of halogens is 1. The zero-order chi connectivity index (χ0) is 4.41. The summed E-state index contributed by atoms with van der Waals surface area (Å²) in [7, 11) is 0. The second kappa shape index (κ2) is 1.60. The Bertz CT molecular complexity index is 80.9. The van der Waals surface area contributed by atoms with Gasteiger partial charge in [-0.05, 0) is 0 Å². The second-order valence-corrected chi connectivity index (χ2v) is 1.56. The van der Waals surface area contributed by atoms with Crippen LogP contribution in [0.2, 0.25) is 0 Å². The molecular weight excluding hydrogens is 146 g/mol. The zero-order valence-corrected chi connectivity index (χ0v) is 4.60. The van der Waals surface area contributed by atoms with Gasteiger partial charge in [-0.1, -0.05) is 0 Å². The molecule has 0 N–H and O–H groups in total. The van der Waals surface area contributed by atoms with Crippen molar-refractivity contribution in [1.29, 1.82) is 0 Å². The van der Waals surface area contributed by atoms with Crippen molar-refractivity contribution in [2.24, 2.45) is 4.99 Å². The van der Waals surface area contributed by atoms with E-state index < -0.39 is 0 Å². The Kier molecular flexibility index (Phi) is 1.10. The summed E-state index contributed by atoms with van der Waals surface area (Å²) in [5.41, 5.74) is 0. The Labute approximate surface area is 44.3 Å². The topological polar surface area (TPSA) is 21.6 Å². The van der Waals surface area contributed by atoms with Gasteiger partial charge in [-0.3, -0.25) is 0 Å². The molecule has 0 unspecified atom stereocenters. The molecule has 0 spiro atoms. The van der Waals surface area contributed by atoms with Crippen LogP contribution in [0.4, 0.5) is 0 Å². The molecule has 33 valence electrons. The first kappa shape index (κ1) is 4.12. The molecule has 3 heteroatoms. The average Bonchev–Trinajstić information content (AvgIpc) is 1.86. The molecule has 2 nitrogen and oxygen atoms in total. The Morgan fingerprint density at radius 2 is 2.83 bits per heavy atom. The lowest BCUT2D eigenvalue weighted by Gasteiger charge is -1.82. The van der Waals surface area contributed by atoms with E-state index in [9.17, 15) is 0 Å².